The van der Waals surface area contributed by atoms with E-state index in [0.29, 0.717) is 18.8 Å². The molecule has 2 aromatic carbocycles. The van der Waals surface area contributed by atoms with E-state index in [1.54, 1.807) is 37.5 Å². The molecule has 0 unspecified atom stereocenters. The number of nitrogens with zero attached hydrogens (tertiary/aromatic N) is 2. The number of imide groups is 1. The second-order valence-corrected chi connectivity index (χ2v) is 12.4. The maximum Gasteiger partial charge on any atom is 0.293 e. The lowest BCUT2D eigenvalue weighted by Crippen LogP contribution is -2.39. The minimum atomic E-state index is -3.86. The van der Waals surface area contributed by atoms with Crippen molar-refractivity contribution < 1.29 is 27.5 Å². The highest BCUT2D eigenvalue weighted by atomic mass is 35.5. The zero-order chi connectivity index (χ0) is 27.4. The smallest absolute Gasteiger partial charge is 0.293 e. The van der Waals surface area contributed by atoms with Gasteiger partial charge in [-0.3, -0.25) is 19.3 Å². The Balaban J connectivity index is 1.39. The summed E-state index contributed by atoms with van der Waals surface area (Å²) >= 11 is 7.05. The number of methoxy groups -OCH3 is 1. The third-order valence-corrected chi connectivity index (χ3v) is 9.59. The van der Waals surface area contributed by atoms with E-state index < -0.39 is 27.1 Å². The summed E-state index contributed by atoms with van der Waals surface area (Å²) in [6, 6.07) is 11.2. The molecule has 1 atom stereocenters. The number of hydrogen-bond acceptors (Lipinski definition) is 7. The number of carbonyl (C=O) groups excluding carboxylic acids is 3. The number of amides is 3. The van der Waals surface area contributed by atoms with Crippen LogP contribution in [0, 0.1) is 5.92 Å². The van der Waals surface area contributed by atoms with Gasteiger partial charge >= 0.3 is 0 Å². The van der Waals surface area contributed by atoms with Gasteiger partial charge in [-0.25, -0.2) is 8.42 Å². The summed E-state index contributed by atoms with van der Waals surface area (Å²) in [6.07, 6.45) is 3.35. The second kappa shape index (κ2) is 11.9. The summed E-state index contributed by atoms with van der Waals surface area (Å²) in [5.74, 6) is -0.0615. The molecule has 0 bridgehead atoms. The van der Waals surface area contributed by atoms with E-state index in [1.165, 1.54) is 22.5 Å². The minimum Gasteiger partial charge on any atom is -0.497 e. The van der Waals surface area contributed by atoms with Gasteiger partial charge in [0.1, 0.15) is 10.6 Å². The van der Waals surface area contributed by atoms with Crippen LogP contribution in [0.15, 0.2) is 52.3 Å². The van der Waals surface area contributed by atoms with Crippen molar-refractivity contribution in [3.05, 3.63) is 63.5 Å². The number of hydrogen-bond donors (Lipinski definition) is 1. The molecule has 0 spiro atoms. The monoisotopic (exact) mass is 577 g/mol. The Morgan fingerprint density at radius 1 is 1.21 bits per heavy atom. The topological polar surface area (TPSA) is 113 Å². The Bertz CT molecular complexity index is 1380. The molecule has 2 aliphatic rings. The first-order chi connectivity index (χ1) is 18.1. The van der Waals surface area contributed by atoms with E-state index in [0.717, 1.165) is 35.1 Å². The van der Waals surface area contributed by atoms with Crippen LogP contribution >= 0.6 is 23.4 Å². The van der Waals surface area contributed by atoms with Crippen LogP contribution in [-0.2, 0) is 14.8 Å². The molecule has 3 amide bonds. The van der Waals surface area contributed by atoms with E-state index in [4.69, 9.17) is 16.3 Å². The Morgan fingerprint density at radius 3 is 2.63 bits per heavy atom. The number of benzene rings is 2. The standard InChI is InChI=1S/C26H28ClN3O6S2/c1-17-4-3-12-29(16-17)38(34,35)23-15-19(7-10-21(23)27)24(31)28-11-13-30-25(32)22(37-26(30)33)14-18-5-8-20(36-2)9-6-18/h5-10,14-15,17H,3-4,11-13,16H2,1-2H3,(H,28,31)/b22-14-/t17-/m1/s1. The van der Waals surface area contributed by atoms with Crippen LogP contribution in [-0.4, -0.2) is 68.0 Å². The molecular formula is C26H28ClN3O6S2. The van der Waals surface area contributed by atoms with E-state index in [1.807, 2.05) is 6.92 Å². The number of sulfonamides is 1. The van der Waals surface area contributed by atoms with Gasteiger partial charge in [-0.15, -0.1) is 0 Å². The van der Waals surface area contributed by atoms with E-state index >= 15 is 0 Å². The predicted molar refractivity (Wildman–Crippen MR) is 147 cm³/mol. The van der Waals surface area contributed by atoms with Crippen LogP contribution in [0.3, 0.4) is 0 Å². The molecule has 2 fully saturated rings. The van der Waals surface area contributed by atoms with Gasteiger partial charge < -0.3 is 10.1 Å². The van der Waals surface area contributed by atoms with Gasteiger partial charge in [0.15, 0.2) is 0 Å². The first-order valence-corrected chi connectivity index (χ1v) is 14.7. The Labute approximate surface area is 231 Å². The summed E-state index contributed by atoms with van der Waals surface area (Å²) in [5, 5.41) is 2.26. The highest BCUT2D eigenvalue weighted by molar-refractivity contribution is 8.18. The van der Waals surface area contributed by atoms with E-state index in [9.17, 15) is 22.8 Å². The van der Waals surface area contributed by atoms with Gasteiger partial charge in [-0.05, 0) is 72.5 Å². The average molecular weight is 578 g/mol. The lowest BCUT2D eigenvalue weighted by molar-refractivity contribution is -0.122. The van der Waals surface area contributed by atoms with Gasteiger partial charge in [-0.1, -0.05) is 30.7 Å². The van der Waals surface area contributed by atoms with Crippen molar-refractivity contribution in [2.75, 3.05) is 33.3 Å². The molecule has 4 rings (SSSR count). The van der Waals surface area contributed by atoms with Crippen LogP contribution in [0.5, 0.6) is 5.75 Å². The summed E-state index contributed by atoms with van der Waals surface area (Å²) in [5.41, 5.74) is 0.865. The Kier molecular flexibility index (Phi) is 8.81. The Morgan fingerprint density at radius 2 is 1.95 bits per heavy atom. The fraction of sp³-hybridized carbons (Fsp3) is 0.346. The van der Waals surface area contributed by atoms with Crippen LogP contribution in [0.4, 0.5) is 4.79 Å². The van der Waals surface area contributed by atoms with Crippen molar-refractivity contribution in [2.24, 2.45) is 5.92 Å². The van der Waals surface area contributed by atoms with Crippen molar-refractivity contribution in [2.45, 2.75) is 24.7 Å². The number of carbonyl (C=O) groups is 3. The van der Waals surface area contributed by atoms with Crippen molar-refractivity contribution in [3.63, 3.8) is 0 Å². The van der Waals surface area contributed by atoms with E-state index in [2.05, 4.69) is 5.32 Å². The molecule has 2 aromatic rings. The number of piperidine rings is 1. The number of thioether (sulfide) groups is 1. The number of rotatable bonds is 8. The predicted octanol–water partition coefficient (Wildman–Crippen LogP) is 4.24. The van der Waals surface area contributed by atoms with Gasteiger partial charge in [0, 0.05) is 31.7 Å². The van der Waals surface area contributed by atoms with Crippen LogP contribution in [0.25, 0.3) is 6.08 Å². The molecule has 0 radical (unpaired) electrons. The van der Waals surface area contributed by atoms with Gasteiger partial charge in [-0.2, -0.15) is 4.31 Å². The molecular weight excluding hydrogens is 550 g/mol. The number of ether oxygens (including phenoxy) is 1. The SMILES string of the molecule is COc1ccc(/C=C2\SC(=O)N(CCNC(=O)c3ccc(Cl)c(S(=O)(=O)N4CCC[C@@H](C)C4)c3)C2=O)cc1. The van der Waals surface area contributed by atoms with Crippen LogP contribution in [0.2, 0.25) is 5.02 Å². The lowest BCUT2D eigenvalue weighted by Gasteiger charge is -2.30. The maximum atomic E-state index is 13.2. The van der Waals surface area contributed by atoms with Crippen molar-refractivity contribution in [1.29, 1.82) is 0 Å². The fourth-order valence-corrected chi connectivity index (χ4v) is 7.24. The molecule has 12 heteroatoms. The van der Waals surface area contributed by atoms with Crippen molar-refractivity contribution in [1.82, 2.24) is 14.5 Å². The molecule has 0 saturated carbocycles. The largest absolute Gasteiger partial charge is 0.497 e. The molecule has 9 nitrogen and oxygen atoms in total. The van der Waals surface area contributed by atoms with Crippen molar-refractivity contribution in [3.8, 4) is 5.75 Å². The first kappa shape index (κ1) is 28.2. The summed E-state index contributed by atoms with van der Waals surface area (Å²) in [7, 11) is -2.30. The highest BCUT2D eigenvalue weighted by Gasteiger charge is 2.35. The lowest BCUT2D eigenvalue weighted by atomic mass is 10.0. The third kappa shape index (κ3) is 6.23. The normalized spacial score (nSPS) is 19.7. The highest BCUT2D eigenvalue weighted by Crippen LogP contribution is 2.32. The molecule has 0 aliphatic carbocycles. The quantitative estimate of drug-likeness (QED) is 0.467. The van der Waals surface area contributed by atoms with Gasteiger partial charge in [0.2, 0.25) is 10.0 Å². The average Bonchev–Trinajstić information content (AvgIpc) is 3.16. The molecule has 0 aromatic heterocycles. The molecule has 1 N–H and O–H groups in total. The van der Waals surface area contributed by atoms with Crippen LogP contribution < -0.4 is 10.1 Å². The molecule has 2 aliphatic heterocycles. The first-order valence-electron chi connectivity index (χ1n) is 12.1. The fourth-order valence-electron chi connectivity index (χ4n) is 4.27. The number of nitrogens with one attached hydrogen (secondary N) is 1. The number of halogens is 1. The van der Waals surface area contributed by atoms with E-state index in [-0.39, 0.29) is 39.4 Å². The Hall–Kier alpha value is -2.86. The maximum absolute atomic E-state index is 13.2. The zero-order valence-electron chi connectivity index (χ0n) is 21.0. The summed E-state index contributed by atoms with van der Waals surface area (Å²) in [4.78, 5) is 39.2. The zero-order valence-corrected chi connectivity index (χ0v) is 23.4. The van der Waals surface area contributed by atoms with Crippen LogP contribution in [0.1, 0.15) is 35.7 Å². The molecule has 2 saturated heterocycles. The van der Waals surface area contributed by atoms with Gasteiger partial charge in [0.05, 0.1) is 17.0 Å². The summed E-state index contributed by atoms with van der Waals surface area (Å²) < 4.78 is 32.9. The minimum absolute atomic E-state index is 0.00103. The van der Waals surface area contributed by atoms with Crippen molar-refractivity contribution >= 4 is 56.5 Å². The molecule has 38 heavy (non-hydrogen) atoms. The second-order valence-electron chi connectivity index (χ2n) is 9.12. The molecule has 2 heterocycles. The summed E-state index contributed by atoms with van der Waals surface area (Å²) in [6.45, 7) is 2.78. The van der Waals surface area contributed by atoms with Gasteiger partial charge in [0.25, 0.3) is 17.1 Å². The third-order valence-electron chi connectivity index (χ3n) is 6.34. The molecule has 202 valence electrons.